The summed E-state index contributed by atoms with van der Waals surface area (Å²) in [6.45, 7) is 3.91. The molecule has 0 aliphatic carbocycles. The molecule has 0 saturated heterocycles. The van der Waals surface area contributed by atoms with E-state index >= 15 is 0 Å². The zero-order valence-electron chi connectivity index (χ0n) is 14.0. The van der Waals surface area contributed by atoms with Crippen LogP contribution in [0.25, 0.3) is 11.3 Å². The van der Waals surface area contributed by atoms with Crippen LogP contribution in [0.1, 0.15) is 32.0 Å². The predicted octanol–water partition coefficient (Wildman–Crippen LogP) is 3.79. The number of hydrogen-bond acceptors (Lipinski definition) is 5. The second-order valence-corrected chi connectivity index (χ2v) is 6.52. The van der Waals surface area contributed by atoms with Crippen molar-refractivity contribution in [3.05, 3.63) is 58.2 Å². The van der Waals surface area contributed by atoms with E-state index in [1.807, 2.05) is 37.4 Å². The molecule has 25 heavy (non-hydrogen) atoms. The molecule has 0 saturated carbocycles. The molecular formula is C18H17N3O3S. The van der Waals surface area contributed by atoms with Crippen molar-refractivity contribution in [1.82, 2.24) is 9.97 Å². The van der Waals surface area contributed by atoms with Crippen LogP contribution in [0.15, 0.2) is 35.8 Å². The largest absolute Gasteiger partial charge is 0.464 e. The van der Waals surface area contributed by atoms with Crippen molar-refractivity contribution < 1.29 is 14.3 Å². The molecule has 1 aromatic carbocycles. The Bertz CT molecular complexity index is 922. The van der Waals surface area contributed by atoms with Crippen LogP contribution in [-0.4, -0.2) is 29.0 Å². The summed E-state index contributed by atoms with van der Waals surface area (Å²) >= 11 is 1.33. The molecule has 7 heteroatoms. The minimum absolute atomic E-state index is 0.197. The number of methoxy groups -OCH3 is 1. The fourth-order valence-electron chi connectivity index (χ4n) is 2.51. The van der Waals surface area contributed by atoms with Gasteiger partial charge in [0.25, 0.3) is 5.91 Å². The first kappa shape index (κ1) is 16.9. The highest BCUT2D eigenvalue weighted by Crippen LogP contribution is 2.26. The second kappa shape index (κ2) is 6.90. The van der Waals surface area contributed by atoms with Gasteiger partial charge in [0.15, 0.2) is 5.13 Å². The van der Waals surface area contributed by atoms with Gasteiger partial charge in [-0.2, -0.15) is 0 Å². The Hall–Kier alpha value is -2.93. The number of hydrogen-bond donors (Lipinski definition) is 2. The molecule has 2 aromatic heterocycles. The number of carbonyl (C=O) groups is 2. The third kappa shape index (κ3) is 3.77. The van der Waals surface area contributed by atoms with Gasteiger partial charge in [-0.05, 0) is 32.0 Å². The number of anilines is 1. The van der Waals surface area contributed by atoms with E-state index in [0.717, 1.165) is 16.7 Å². The average Bonchev–Trinajstić information content (AvgIpc) is 3.22. The zero-order valence-corrected chi connectivity index (χ0v) is 14.9. The van der Waals surface area contributed by atoms with Crippen LogP contribution < -0.4 is 5.32 Å². The number of thiazole rings is 1. The van der Waals surface area contributed by atoms with Crippen molar-refractivity contribution in [2.75, 3.05) is 12.4 Å². The number of nitrogens with zero attached hydrogens (tertiary/aromatic N) is 1. The monoisotopic (exact) mass is 355 g/mol. The highest BCUT2D eigenvalue weighted by atomic mass is 32.1. The maximum absolute atomic E-state index is 12.4. The lowest BCUT2D eigenvalue weighted by molar-refractivity contribution is 0.0594. The van der Waals surface area contributed by atoms with Crippen LogP contribution in [0, 0.1) is 13.8 Å². The van der Waals surface area contributed by atoms with Crippen molar-refractivity contribution in [2.24, 2.45) is 0 Å². The predicted molar refractivity (Wildman–Crippen MR) is 97.1 cm³/mol. The van der Waals surface area contributed by atoms with E-state index in [1.54, 1.807) is 12.3 Å². The van der Waals surface area contributed by atoms with Crippen LogP contribution in [-0.2, 0) is 4.74 Å². The van der Waals surface area contributed by atoms with Gasteiger partial charge in [0, 0.05) is 22.7 Å². The van der Waals surface area contributed by atoms with Gasteiger partial charge in [0.1, 0.15) is 5.69 Å². The number of carbonyl (C=O) groups excluding carboxylic acids is 2. The molecule has 1 amide bonds. The van der Waals surface area contributed by atoms with Crippen LogP contribution in [0.2, 0.25) is 0 Å². The summed E-state index contributed by atoms with van der Waals surface area (Å²) in [4.78, 5) is 31.1. The van der Waals surface area contributed by atoms with E-state index in [2.05, 4.69) is 20.0 Å². The van der Waals surface area contributed by atoms with Crippen molar-refractivity contribution in [3.8, 4) is 11.3 Å². The van der Waals surface area contributed by atoms with Crippen molar-refractivity contribution in [3.63, 3.8) is 0 Å². The van der Waals surface area contributed by atoms with E-state index in [1.165, 1.54) is 18.4 Å². The van der Waals surface area contributed by atoms with Crippen molar-refractivity contribution in [1.29, 1.82) is 0 Å². The fourth-order valence-corrected chi connectivity index (χ4v) is 3.22. The Kier molecular flexibility index (Phi) is 4.67. The van der Waals surface area contributed by atoms with Gasteiger partial charge in [-0.3, -0.25) is 10.1 Å². The van der Waals surface area contributed by atoms with E-state index in [0.29, 0.717) is 22.1 Å². The number of H-pyrrole nitrogens is 1. The molecule has 2 N–H and O–H groups in total. The Morgan fingerprint density at radius 2 is 1.88 bits per heavy atom. The van der Waals surface area contributed by atoms with Gasteiger partial charge in [-0.15, -0.1) is 11.3 Å². The number of aromatic amines is 1. The smallest absolute Gasteiger partial charge is 0.354 e. The third-order valence-corrected chi connectivity index (χ3v) is 4.35. The first-order chi connectivity index (χ1) is 12.0. The summed E-state index contributed by atoms with van der Waals surface area (Å²) in [5.74, 6) is -0.637. The van der Waals surface area contributed by atoms with E-state index < -0.39 is 5.97 Å². The summed E-state index contributed by atoms with van der Waals surface area (Å²) < 4.78 is 4.67. The molecule has 6 nitrogen and oxygen atoms in total. The number of amides is 1. The number of benzene rings is 1. The summed E-state index contributed by atoms with van der Waals surface area (Å²) in [5.41, 5.74) is 4.45. The van der Waals surface area contributed by atoms with Crippen LogP contribution in [0.3, 0.4) is 0 Å². The molecule has 0 aliphatic rings. The third-order valence-electron chi connectivity index (χ3n) is 3.59. The van der Waals surface area contributed by atoms with Crippen LogP contribution >= 0.6 is 11.3 Å². The molecule has 0 bridgehead atoms. The zero-order chi connectivity index (χ0) is 18.0. The lowest BCUT2D eigenvalue weighted by Crippen LogP contribution is -2.12. The SMILES string of the molecule is COC(=O)c1cc(-c2csc(NC(=O)c3cc(C)cc(C)c3)n2)c[nH]1. The fraction of sp³-hybridized carbons (Fsp3) is 0.167. The molecule has 0 radical (unpaired) electrons. The van der Waals surface area contributed by atoms with Gasteiger partial charge in [-0.1, -0.05) is 17.2 Å². The lowest BCUT2D eigenvalue weighted by atomic mass is 10.1. The Morgan fingerprint density at radius 1 is 1.16 bits per heavy atom. The lowest BCUT2D eigenvalue weighted by Gasteiger charge is -2.04. The molecule has 0 atom stereocenters. The van der Waals surface area contributed by atoms with E-state index in [9.17, 15) is 9.59 Å². The maximum Gasteiger partial charge on any atom is 0.354 e. The summed E-state index contributed by atoms with van der Waals surface area (Å²) in [6, 6.07) is 7.36. The summed E-state index contributed by atoms with van der Waals surface area (Å²) in [5, 5.41) is 5.13. The Labute approximate surface area is 148 Å². The van der Waals surface area contributed by atoms with E-state index in [4.69, 9.17) is 0 Å². The van der Waals surface area contributed by atoms with Crippen LogP contribution in [0.5, 0.6) is 0 Å². The van der Waals surface area contributed by atoms with Gasteiger partial charge in [0.2, 0.25) is 0 Å². The number of rotatable bonds is 4. The summed E-state index contributed by atoms with van der Waals surface area (Å²) in [7, 11) is 1.33. The number of aromatic nitrogens is 2. The quantitative estimate of drug-likeness (QED) is 0.697. The van der Waals surface area contributed by atoms with Crippen molar-refractivity contribution >= 4 is 28.3 Å². The minimum atomic E-state index is -0.440. The Morgan fingerprint density at radius 3 is 2.56 bits per heavy atom. The van der Waals surface area contributed by atoms with Gasteiger partial charge in [0.05, 0.1) is 12.8 Å². The Balaban J connectivity index is 1.76. The summed E-state index contributed by atoms with van der Waals surface area (Å²) in [6.07, 6.45) is 1.68. The van der Waals surface area contributed by atoms with Crippen molar-refractivity contribution in [2.45, 2.75) is 13.8 Å². The standard InChI is InChI=1S/C18H17N3O3S/c1-10-4-11(2)6-12(5-10)16(22)21-18-20-15(9-25-18)13-7-14(19-8-13)17(23)24-3/h4-9,19H,1-3H3,(H,20,21,22). The molecule has 0 unspecified atom stereocenters. The molecule has 3 aromatic rings. The molecule has 128 valence electrons. The number of nitrogens with one attached hydrogen (secondary N) is 2. The molecule has 2 heterocycles. The topological polar surface area (TPSA) is 84.1 Å². The highest BCUT2D eigenvalue weighted by Gasteiger charge is 2.13. The molecule has 3 rings (SSSR count). The normalized spacial score (nSPS) is 10.5. The second-order valence-electron chi connectivity index (χ2n) is 5.66. The average molecular weight is 355 g/mol. The highest BCUT2D eigenvalue weighted by molar-refractivity contribution is 7.14. The molecule has 0 fully saturated rings. The minimum Gasteiger partial charge on any atom is -0.464 e. The van der Waals surface area contributed by atoms with Gasteiger partial charge < -0.3 is 9.72 Å². The van der Waals surface area contributed by atoms with Gasteiger partial charge in [-0.25, -0.2) is 9.78 Å². The first-order valence-electron chi connectivity index (χ1n) is 7.58. The molecular weight excluding hydrogens is 338 g/mol. The number of ether oxygens (including phenoxy) is 1. The molecule has 0 aliphatic heterocycles. The number of aryl methyl sites for hydroxylation is 2. The first-order valence-corrected chi connectivity index (χ1v) is 8.46. The number of esters is 1. The van der Waals surface area contributed by atoms with Gasteiger partial charge >= 0.3 is 5.97 Å². The van der Waals surface area contributed by atoms with Crippen LogP contribution in [0.4, 0.5) is 5.13 Å². The maximum atomic E-state index is 12.4. The molecule has 0 spiro atoms. The van der Waals surface area contributed by atoms with E-state index in [-0.39, 0.29) is 5.91 Å².